The Morgan fingerprint density at radius 2 is 1.97 bits per heavy atom. The van der Waals surface area contributed by atoms with Crippen LogP contribution in [-0.2, 0) is 4.79 Å². The highest BCUT2D eigenvalue weighted by atomic mass is 35.5. The van der Waals surface area contributed by atoms with E-state index in [1.165, 1.54) is 24.4 Å². The van der Waals surface area contributed by atoms with Crippen molar-refractivity contribution >= 4 is 45.5 Å². The van der Waals surface area contributed by atoms with Crippen LogP contribution < -0.4 is 15.4 Å². The maximum atomic E-state index is 13.5. The zero-order valence-corrected chi connectivity index (χ0v) is 20.9. The first-order chi connectivity index (χ1) is 17.8. The third-order valence-corrected chi connectivity index (χ3v) is 5.52. The number of nitriles is 1. The summed E-state index contributed by atoms with van der Waals surface area (Å²) >= 11 is 6.43. The molecule has 7 nitrogen and oxygen atoms in total. The normalized spacial score (nSPS) is 11.0. The van der Waals surface area contributed by atoms with Crippen LogP contribution in [0, 0.1) is 17.1 Å². The number of carbonyl (C=O) groups excluding carboxylic acids is 1. The molecular formula is C28H23ClFN5O2. The Hall–Kier alpha value is -4.45. The number of rotatable bonds is 8. The molecule has 0 bridgehead atoms. The van der Waals surface area contributed by atoms with Crippen LogP contribution in [0.15, 0.2) is 79.0 Å². The van der Waals surface area contributed by atoms with Gasteiger partial charge in [-0.1, -0.05) is 23.7 Å². The standard InChI is InChI=1S/C28H23ClFN5O2/c1-35(2)12-4-7-27(36)33-20-8-10-25-23(14-20)28(18(16-31)17-32-25)34-21-9-11-26(24(29)15-21)37-22-6-3-5-19(30)13-22/h3-11,13-15,17H,12H2,1-2H3,(H,32,34)(H,33,36)/b7-4+. The summed E-state index contributed by atoms with van der Waals surface area (Å²) in [6.45, 7) is 0.642. The average molecular weight is 516 g/mol. The van der Waals surface area contributed by atoms with E-state index >= 15 is 0 Å². The van der Waals surface area contributed by atoms with Gasteiger partial charge in [0.1, 0.15) is 23.4 Å². The Bertz CT molecular complexity index is 1530. The molecule has 0 atom stereocenters. The van der Waals surface area contributed by atoms with Gasteiger partial charge >= 0.3 is 0 Å². The summed E-state index contributed by atoms with van der Waals surface area (Å²) in [5.41, 5.74) is 2.63. The number of pyridine rings is 1. The summed E-state index contributed by atoms with van der Waals surface area (Å²) in [6, 6.07) is 18.2. The molecule has 37 heavy (non-hydrogen) atoms. The summed E-state index contributed by atoms with van der Waals surface area (Å²) in [5.74, 6) is -0.00713. The number of nitrogens with one attached hydrogen (secondary N) is 2. The van der Waals surface area contributed by atoms with E-state index in [-0.39, 0.29) is 5.91 Å². The molecule has 0 saturated heterocycles. The van der Waals surface area contributed by atoms with E-state index in [4.69, 9.17) is 16.3 Å². The molecule has 0 aliphatic heterocycles. The molecule has 3 aromatic carbocycles. The van der Waals surface area contributed by atoms with Crippen LogP contribution in [0.3, 0.4) is 0 Å². The Balaban J connectivity index is 1.61. The molecule has 0 aliphatic rings. The number of fused-ring (bicyclic) bond motifs is 1. The number of likely N-dealkylation sites (N-methyl/N-ethyl adjacent to an activating group) is 1. The Labute approximate surface area is 218 Å². The van der Waals surface area contributed by atoms with Crippen LogP contribution in [0.4, 0.5) is 21.5 Å². The lowest BCUT2D eigenvalue weighted by Gasteiger charge is -2.14. The fraction of sp³-hybridized carbons (Fsp3) is 0.107. The lowest BCUT2D eigenvalue weighted by atomic mass is 10.1. The van der Waals surface area contributed by atoms with E-state index in [0.29, 0.717) is 56.6 Å². The second-order valence-electron chi connectivity index (χ2n) is 8.37. The molecule has 4 aromatic rings. The van der Waals surface area contributed by atoms with Gasteiger partial charge in [0.2, 0.25) is 5.91 Å². The minimum absolute atomic E-state index is 0.263. The number of halogens is 2. The van der Waals surface area contributed by atoms with Gasteiger partial charge in [-0.25, -0.2) is 4.39 Å². The SMILES string of the molecule is CN(C)C/C=C/C(=O)Nc1ccc2ncc(C#N)c(Nc3ccc(Oc4cccc(F)c4)c(Cl)c3)c2c1. The van der Waals surface area contributed by atoms with Gasteiger partial charge in [0.05, 0.1) is 21.8 Å². The van der Waals surface area contributed by atoms with Crippen molar-refractivity contribution in [3.8, 4) is 17.6 Å². The highest BCUT2D eigenvalue weighted by Crippen LogP contribution is 2.35. The Morgan fingerprint density at radius 1 is 1.16 bits per heavy atom. The number of carbonyl (C=O) groups is 1. The quantitative estimate of drug-likeness (QED) is 0.261. The fourth-order valence-electron chi connectivity index (χ4n) is 3.51. The maximum absolute atomic E-state index is 13.5. The number of anilines is 3. The van der Waals surface area contributed by atoms with E-state index in [9.17, 15) is 14.4 Å². The van der Waals surface area contributed by atoms with Crippen LogP contribution in [0.1, 0.15) is 5.56 Å². The van der Waals surface area contributed by atoms with Crippen molar-refractivity contribution < 1.29 is 13.9 Å². The number of aromatic nitrogens is 1. The van der Waals surface area contributed by atoms with Crippen LogP contribution in [0.25, 0.3) is 10.9 Å². The predicted octanol–water partition coefficient (Wildman–Crippen LogP) is 6.49. The van der Waals surface area contributed by atoms with Crippen LogP contribution in [0.5, 0.6) is 11.5 Å². The molecule has 0 spiro atoms. The number of hydrogen-bond acceptors (Lipinski definition) is 6. The number of amides is 1. The van der Waals surface area contributed by atoms with E-state index in [1.807, 2.05) is 19.0 Å². The third kappa shape index (κ3) is 6.61. The smallest absolute Gasteiger partial charge is 0.248 e. The molecule has 0 radical (unpaired) electrons. The maximum Gasteiger partial charge on any atom is 0.248 e. The molecule has 1 aromatic heterocycles. The monoisotopic (exact) mass is 515 g/mol. The van der Waals surface area contributed by atoms with E-state index in [1.54, 1.807) is 54.6 Å². The van der Waals surface area contributed by atoms with Gasteiger partial charge < -0.3 is 20.3 Å². The summed E-state index contributed by atoms with van der Waals surface area (Å²) in [6.07, 6.45) is 4.73. The summed E-state index contributed by atoms with van der Waals surface area (Å²) in [5, 5.41) is 16.7. The van der Waals surface area contributed by atoms with Crippen molar-refractivity contribution in [2.24, 2.45) is 0 Å². The van der Waals surface area contributed by atoms with Crippen molar-refractivity contribution in [2.45, 2.75) is 0 Å². The van der Waals surface area contributed by atoms with Crippen LogP contribution in [0.2, 0.25) is 5.02 Å². The minimum atomic E-state index is -0.416. The molecule has 0 saturated carbocycles. The molecule has 1 amide bonds. The number of ether oxygens (including phenoxy) is 1. The molecule has 2 N–H and O–H groups in total. The lowest BCUT2D eigenvalue weighted by Crippen LogP contribution is -2.12. The van der Waals surface area contributed by atoms with Gasteiger partial charge in [-0.05, 0) is 62.6 Å². The summed E-state index contributed by atoms with van der Waals surface area (Å²) < 4.78 is 19.2. The largest absolute Gasteiger partial charge is 0.456 e. The molecule has 0 aliphatic carbocycles. The third-order valence-electron chi connectivity index (χ3n) is 5.22. The average Bonchev–Trinajstić information content (AvgIpc) is 2.86. The molecule has 9 heteroatoms. The molecule has 0 unspecified atom stereocenters. The van der Waals surface area contributed by atoms with Crippen molar-refractivity contribution in [1.82, 2.24) is 9.88 Å². The highest BCUT2D eigenvalue weighted by Gasteiger charge is 2.13. The number of nitrogens with zero attached hydrogens (tertiary/aromatic N) is 3. The summed E-state index contributed by atoms with van der Waals surface area (Å²) in [7, 11) is 3.83. The molecule has 186 valence electrons. The number of benzene rings is 3. The topological polar surface area (TPSA) is 90.3 Å². The van der Waals surface area contributed by atoms with Gasteiger partial charge in [0.15, 0.2) is 0 Å². The van der Waals surface area contributed by atoms with E-state index in [2.05, 4.69) is 21.7 Å². The van der Waals surface area contributed by atoms with Crippen molar-refractivity contribution in [1.29, 1.82) is 5.26 Å². The summed E-state index contributed by atoms with van der Waals surface area (Å²) in [4.78, 5) is 18.6. The number of hydrogen-bond donors (Lipinski definition) is 2. The second kappa shape index (κ2) is 11.5. The van der Waals surface area contributed by atoms with Gasteiger partial charge in [-0.15, -0.1) is 0 Å². The van der Waals surface area contributed by atoms with Gasteiger partial charge in [0, 0.05) is 41.6 Å². The Morgan fingerprint density at radius 3 is 2.70 bits per heavy atom. The van der Waals surface area contributed by atoms with Gasteiger partial charge in [-0.2, -0.15) is 5.26 Å². The molecule has 1 heterocycles. The van der Waals surface area contributed by atoms with Gasteiger partial charge in [-0.3, -0.25) is 9.78 Å². The molecule has 4 rings (SSSR count). The first kappa shape index (κ1) is 25.6. The van der Waals surface area contributed by atoms with Crippen molar-refractivity contribution in [3.63, 3.8) is 0 Å². The van der Waals surface area contributed by atoms with Crippen molar-refractivity contribution in [2.75, 3.05) is 31.3 Å². The molecule has 0 fully saturated rings. The van der Waals surface area contributed by atoms with E-state index < -0.39 is 5.82 Å². The lowest BCUT2D eigenvalue weighted by molar-refractivity contribution is -0.111. The predicted molar refractivity (Wildman–Crippen MR) is 144 cm³/mol. The zero-order valence-electron chi connectivity index (χ0n) is 20.1. The van der Waals surface area contributed by atoms with E-state index in [0.717, 1.165) is 0 Å². The second-order valence-corrected chi connectivity index (χ2v) is 8.78. The van der Waals surface area contributed by atoms with Gasteiger partial charge in [0.25, 0.3) is 0 Å². The van der Waals surface area contributed by atoms with Crippen LogP contribution >= 0.6 is 11.6 Å². The van der Waals surface area contributed by atoms with Crippen molar-refractivity contribution in [3.05, 3.63) is 95.4 Å². The minimum Gasteiger partial charge on any atom is -0.456 e. The Kier molecular flexibility index (Phi) is 7.98. The first-order valence-corrected chi connectivity index (χ1v) is 11.7. The highest BCUT2D eigenvalue weighted by molar-refractivity contribution is 6.32. The molecular weight excluding hydrogens is 493 g/mol. The fourth-order valence-corrected chi connectivity index (χ4v) is 3.73. The first-order valence-electron chi connectivity index (χ1n) is 11.3. The zero-order chi connectivity index (χ0) is 26.4. The van der Waals surface area contributed by atoms with Crippen LogP contribution in [-0.4, -0.2) is 36.4 Å².